The van der Waals surface area contributed by atoms with Gasteiger partial charge in [-0.2, -0.15) is 0 Å². The summed E-state index contributed by atoms with van der Waals surface area (Å²) in [6, 6.07) is -1.19. The minimum Gasteiger partial charge on any atom is -0.479 e. The van der Waals surface area contributed by atoms with Crippen LogP contribution >= 0.6 is 0 Å². The van der Waals surface area contributed by atoms with Crippen LogP contribution in [0.2, 0.25) is 0 Å². The zero-order chi connectivity index (χ0) is 12.0. The van der Waals surface area contributed by atoms with Crippen LogP contribution in [0.3, 0.4) is 0 Å². The van der Waals surface area contributed by atoms with E-state index in [1.165, 1.54) is 10.9 Å². The van der Waals surface area contributed by atoms with E-state index in [4.69, 9.17) is 10.2 Å². The van der Waals surface area contributed by atoms with Crippen molar-refractivity contribution in [2.75, 3.05) is 6.61 Å². The second kappa shape index (κ2) is 5.81. The SMILES string of the molecule is O=CNC(C(=O)O)c1cn(CCCO)nn1. The van der Waals surface area contributed by atoms with Crippen molar-refractivity contribution in [3.05, 3.63) is 11.9 Å². The molecule has 16 heavy (non-hydrogen) atoms. The molecule has 88 valence electrons. The number of rotatable bonds is 7. The van der Waals surface area contributed by atoms with Crippen LogP contribution in [0.4, 0.5) is 0 Å². The Labute approximate surface area is 90.9 Å². The summed E-state index contributed by atoms with van der Waals surface area (Å²) < 4.78 is 1.41. The lowest BCUT2D eigenvalue weighted by Gasteiger charge is -2.05. The number of carbonyl (C=O) groups excluding carboxylic acids is 1. The number of amides is 1. The van der Waals surface area contributed by atoms with Gasteiger partial charge in [0.2, 0.25) is 6.41 Å². The van der Waals surface area contributed by atoms with Gasteiger partial charge in [0.05, 0.1) is 6.20 Å². The molecule has 0 bridgehead atoms. The summed E-state index contributed by atoms with van der Waals surface area (Å²) >= 11 is 0. The Bertz CT molecular complexity index is 365. The van der Waals surface area contributed by atoms with Crippen LogP contribution in [0.25, 0.3) is 0 Å². The smallest absolute Gasteiger partial charge is 0.332 e. The van der Waals surface area contributed by atoms with Crippen molar-refractivity contribution in [2.45, 2.75) is 19.0 Å². The Kier molecular flexibility index (Phi) is 4.40. The molecule has 1 aromatic rings. The molecule has 1 unspecified atom stereocenters. The minimum absolute atomic E-state index is 0.0180. The highest BCUT2D eigenvalue weighted by Crippen LogP contribution is 2.08. The Morgan fingerprint density at radius 2 is 2.44 bits per heavy atom. The minimum atomic E-state index is -1.21. The van der Waals surface area contributed by atoms with Gasteiger partial charge in [-0.15, -0.1) is 5.10 Å². The lowest BCUT2D eigenvalue weighted by Crippen LogP contribution is -2.27. The normalized spacial score (nSPS) is 12.1. The van der Waals surface area contributed by atoms with E-state index in [2.05, 4.69) is 15.6 Å². The third-order valence-electron chi connectivity index (χ3n) is 1.88. The molecule has 0 radical (unpaired) electrons. The molecule has 0 saturated heterocycles. The molecular weight excluding hydrogens is 216 g/mol. The maximum Gasteiger partial charge on any atom is 0.332 e. The van der Waals surface area contributed by atoms with Crippen LogP contribution in [0, 0.1) is 0 Å². The number of hydrogen-bond acceptors (Lipinski definition) is 5. The van der Waals surface area contributed by atoms with E-state index in [9.17, 15) is 9.59 Å². The molecule has 1 aromatic heterocycles. The molecule has 1 heterocycles. The third-order valence-corrected chi connectivity index (χ3v) is 1.88. The predicted octanol–water partition coefficient (Wildman–Crippen LogP) is -1.47. The van der Waals surface area contributed by atoms with Gasteiger partial charge in [0.1, 0.15) is 5.69 Å². The molecule has 1 atom stereocenters. The quantitative estimate of drug-likeness (QED) is 0.490. The number of carbonyl (C=O) groups is 2. The van der Waals surface area contributed by atoms with Gasteiger partial charge in [-0.1, -0.05) is 5.21 Å². The first kappa shape index (κ1) is 12.1. The van der Waals surface area contributed by atoms with Gasteiger partial charge in [0.15, 0.2) is 6.04 Å². The molecule has 8 nitrogen and oxygen atoms in total. The van der Waals surface area contributed by atoms with Crippen LogP contribution in [-0.2, 0) is 16.1 Å². The summed E-state index contributed by atoms with van der Waals surface area (Å²) in [7, 11) is 0. The molecule has 1 amide bonds. The van der Waals surface area contributed by atoms with Crippen LogP contribution in [0.1, 0.15) is 18.2 Å². The van der Waals surface area contributed by atoms with E-state index in [1.807, 2.05) is 0 Å². The van der Waals surface area contributed by atoms with Crippen LogP contribution in [-0.4, -0.2) is 44.2 Å². The molecule has 1 rings (SSSR count). The van der Waals surface area contributed by atoms with Gasteiger partial charge in [0, 0.05) is 13.2 Å². The zero-order valence-electron chi connectivity index (χ0n) is 8.41. The highest BCUT2D eigenvalue weighted by Gasteiger charge is 2.22. The number of carboxylic acid groups (broad SMARTS) is 1. The number of aliphatic hydroxyl groups is 1. The van der Waals surface area contributed by atoms with Crippen LogP contribution in [0.15, 0.2) is 6.20 Å². The fourth-order valence-electron chi connectivity index (χ4n) is 1.14. The van der Waals surface area contributed by atoms with E-state index in [-0.39, 0.29) is 12.3 Å². The molecule has 0 spiro atoms. The lowest BCUT2D eigenvalue weighted by atomic mass is 10.2. The molecule has 0 fully saturated rings. The molecular formula is C8H12N4O4. The van der Waals surface area contributed by atoms with Crippen molar-refractivity contribution in [3.63, 3.8) is 0 Å². The largest absolute Gasteiger partial charge is 0.479 e. The van der Waals surface area contributed by atoms with Crippen molar-refractivity contribution >= 4 is 12.4 Å². The summed E-state index contributed by atoms with van der Waals surface area (Å²) in [5, 5.41) is 26.8. The third kappa shape index (κ3) is 3.02. The first-order chi connectivity index (χ1) is 7.69. The Morgan fingerprint density at radius 3 is 3.00 bits per heavy atom. The number of hydrogen-bond donors (Lipinski definition) is 3. The molecule has 0 aliphatic rings. The second-order valence-electron chi connectivity index (χ2n) is 3.04. The average molecular weight is 228 g/mol. The molecule has 0 aliphatic heterocycles. The molecule has 0 aliphatic carbocycles. The standard InChI is InChI=1S/C8H12N4O4/c13-3-1-2-12-4-6(10-11-12)7(8(15)16)9-5-14/h4-5,7,13H,1-3H2,(H,9,14)(H,15,16). The number of nitrogens with zero attached hydrogens (tertiary/aromatic N) is 3. The highest BCUT2D eigenvalue weighted by molar-refractivity contribution is 5.77. The number of aliphatic carboxylic acids is 1. The number of aromatic nitrogens is 3. The number of aryl methyl sites for hydroxylation is 1. The molecule has 3 N–H and O–H groups in total. The Hall–Kier alpha value is -1.96. The van der Waals surface area contributed by atoms with Gasteiger partial charge >= 0.3 is 5.97 Å². The Morgan fingerprint density at radius 1 is 1.69 bits per heavy atom. The maximum absolute atomic E-state index is 10.8. The van der Waals surface area contributed by atoms with Crippen molar-refractivity contribution in [1.82, 2.24) is 20.3 Å². The second-order valence-corrected chi connectivity index (χ2v) is 3.04. The van der Waals surface area contributed by atoms with Crippen molar-refractivity contribution in [2.24, 2.45) is 0 Å². The molecule has 0 saturated carbocycles. The van der Waals surface area contributed by atoms with Gasteiger partial charge in [-0.3, -0.25) is 9.48 Å². The number of carboxylic acids is 1. The first-order valence-corrected chi connectivity index (χ1v) is 4.62. The van der Waals surface area contributed by atoms with Gasteiger partial charge in [-0.05, 0) is 6.42 Å². The summed E-state index contributed by atoms with van der Waals surface area (Å²) in [4.78, 5) is 21.0. The van der Waals surface area contributed by atoms with E-state index < -0.39 is 12.0 Å². The summed E-state index contributed by atoms with van der Waals surface area (Å²) in [5.74, 6) is -1.21. The number of aliphatic hydroxyl groups excluding tert-OH is 1. The Balaban J connectivity index is 2.73. The number of nitrogens with one attached hydrogen (secondary N) is 1. The maximum atomic E-state index is 10.8. The van der Waals surface area contributed by atoms with Gasteiger partial charge < -0.3 is 15.5 Å². The van der Waals surface area contributed by atoms with E-state index in [0.717, 1.165) is 0 Å². The zero-order valence-corrected chi connectivity index (χ0v) is 8.41. The first-order valence-electron chi connectivity index (χ1n) is 4.62. The average Bonchev–Trinajstić information content (AvgIpc) is 2.70. The van der Waals surface area contributed by atoms with E-state index >= 15 is 0 Å². The summed E-state index contributed by atoms with van der Waals surface area (Å²) in [6.07, 6.45) is 2.22. The summed E-state index contributed by atoms with van der Waals surface area (Å²) in [6.45, 7) is 0.459. The van der Waals surface area contributed by atoms with E-state index in [0.29, 0.717) is 19.4 Å². The van der Waals surface area contributed by atoms with E-state index in [1.54, 1.807) is 0 Å². The monoisotopic (exact) mass is 228 g/mol. The fourth-order valence-corrected chi connectivity index (χ4v) is 1.14. The van der Waals surface area contributed by atoms with Crippen molar-refractivity contribution in [3.8, 4) is 0 Å². The molecule has 8 heteroatoms. The van der Waals surface area contributed by atoms with Gasteiger partial charge in [-0.25, -0.2) is 4.79 Å². The predicted molar refractivity (Wildman–Crippen MR) is 51.3 cm³/mol. The topological polar surface area (TPSA) is 117 Å². The summed E-state index contributed by atoms with van der Waals surface area (Å²) in [5.41, 5.74) is 0.150. The fraction of sp³-hybridized carbons (Fsp3) is 0.500. The lowest BCUT2D eigenvalue weighted by molar-refractivity contribution is -0.140. The van der Waals surface area contributed by atoms with Crippen LogP contribution in [0.5, 0.6) is 0 Å². The van der Waals surface area contributed by atoms with Crippen molar-refractivity contribution in [1.29, 1.82) is 0 Å². The van der Waals surface area contributed by atoms with Gasteiger partial charge in [0.25, 0.3) is 0 Å². The molecule has 0 aromatic carbocycles. The highest BCUT2D eigenvalue weighted by atomic mass is 16.4. The van der Waals surface area contributed by atoms with Crippen molar-refractivity contribution < 1.29 is 19.8 Å². The van der Waals surface area contributed by atoms with Crippen LogP contribution < -0.4 is 5.32 Å².